The maximum atomic E-state index is 10.9. The van der Waals surface area contributed by atoms with Gasteiger partial charge in [0.05, 0.1) is 16.8 Å². The van der Waals surface area contributed by atoms with Gasteiger partial charge < -0.3 is 10.4 Å². The van der Waals surface area contributed by atoms with Crippen molar-refractivity contribution >= 4 is 44.2 Å². The van der Waals surface area contributed by atoms with Gasteiger partial charge >= 0.3 is 5.97 Å². The van der Waals surface area contributed by atoms with Gasteiger partial charge in [0.2, 0.25) is 0 Å². The summed E-state index contributed by atoms with van der Waals surface area (Å²) in [5.74, 6) is -0.948. The van der Waals surface area contributed by atoms with E-state index in [1.165, 1.54) is 0 Å². The first kappa shape index (κ1) is 13.6. The van der Waals surface area contributed by atoms with Crippen LogP contribution >= 0.6 is 15.9 Å². The molecule has 0 unspecified atom stereocenters. The molecule has 3 rings (SSSR count). The molecule has 2 N–H and O–H groups in total. The van der Waals surface area contributed by atoms with Gasteiger partial charge in [-0.25, -0.2) is 4.79 Å². The number of halogens is 1. The molecule has 0 saturated carbocycles. The summed E-state index contributed by atoms with van der Waals surface area (Å²) in [6.45, 7) is 0. The second-order valence-electron chi connectivity index (χ2n) is 4.50. The van der Waals surface area contributed by atoms with Gasteiger partial charge in [0.1, 0.15) is 0 Å². The Bertz CT molecular complexity index is 828. The molecule has 5 heteroatoms. The first-order valence-electron chi connectivity index (χ1n) is 6.29. The van der Waals surface area contributed by atoms with Crippen LogP contribution in [0.15, 0.2) is 59.2 Å². The molecule has 104 valence electrons. The number of hydrogen-bond acceptors (Lipinski definition) is 3. The Hall–Kier alpha value is -2.40. The molecule has 0 atom stereocenters. The predicted molar refractivity (Wildman–Crippen MR) is 86.1 cm³/mol. The number of aromatic nitrogens is 1. The molecule has 1 aromatic heterocycles. The zero-order chi connectivity index (χ0) is 14.8. The Kier molecular flexibility index (Phi) is 3.58. The Morgan fingerprint density at radius 1 is 1.10 bits per heavy atom. The largest absolute Gasteiger partial charge is 0.478 e. The highest BCUT2D eigenvalue weighted by atomic mass is 79.9. The van der Waals surface area contributed by atoms with E-state index in [1.54, 1.807) is 24.4 Å². The van der Waals surface area contributed by atoms with Crippen LogP contribution in [0.3, 0.4) is 0 Å². The molecule has 2 aromatic carbocycles. The van der Waals surface area contributed by atoms with E-state index in [0.29, 0.717) is 4.47 Å². The molecule has 0 amide bonds. The van der Waals surface area contributed by atoms with Crippen molar-refractivity contribution in [2.75, 3.05) is 5.32 Å². The topological polar surface area (TPSA) is 62.2 Å². The number of pyridine rings is 1. The summed E-state index contributed by atoms with van der Waals surface area (Å²) in [5.41, 5.74) is 2.87. The molecule has 0 fully saturated rings. The lowest BCUT2D eigenvalue weighted by molar-refractivity contribution is 0.0697. The lowest BCUT2D eigenvalue weighted by Crippen LogP contribution is -1.98. The smallest absolute Gasteiger partial charge is 0.335 e. The van der Waals surface area contributed by atoms with Crippen molar-refractivity contribution in [1.82, 2.24) is 4.98 Å². The van der Waals surface area contributed by atoms with E-state index in [4.69, 9.17) is 5.11 Å². The van der Waals surface area contributed by atoms with Gasteiger partial charge in [-0.05, 0) is 46.3 Å². The van der Waals surface area contributed by atoms with Crippen molar-refractivity contribution in [2.24, 2.45) is 0 Å². The third-order valence-corrected chi connectivity index (χ3v) is 3.79. The molecule has 0 aliphatic rings. The first-order chi connectivity index (χ1) is 10.1. The SMILES string of the molecule is O=C(O)c1ccc(Nc2ccnc3ccccc23)c(Br)c1. The van der Waals surface area contributed by atoms with E-state index in [2.05, 4.69) is 26.2 Å². The number of carbonyl (C=O) groups is 1. The van der Waals surface area contributed by atoms with E-state index in [1.807, 2.05) is 30.3 Å². The van der Waals surface area contributed by atoms with Crippen molar-refractivity contribution in [3.05, 3.63) is 64.8 Å². The second-order valence-corrected chi connectivity index (χ2v) is 5.35. The monoisotopic (exact) mass is 342 g/mol. The van der Waals surface area contributed by atoms with E-state index in [9.17, 15) is 4.79 Å². The average Bonchev–Trinajstić information content (AvgIpc) is 2.49. The van der Waals surface area contributed by atoms with Gasteiger partial charge in [-0.1, -0.05) is 18.2 Å². The molecule has 0 saturated heterocycles. The van der Waals surface area contributed by atoms with Crippen LogP contribution < -0.4 is 5.32 Å². The van der Waals surface area contributed by atoms with Crippen LogP contribution in [-0.2, 0) is 0 Å². The number of rotatable bonds is 3. The Balaban J connectivity index is 2.01. The van der Waals surface area contributed by atoms with Crippen molar-refractivity contribution in [2.45, 2.75) is 0 Å². The molecule has 1 heterocycles. The van der Waals surface area contributed by atoms with Crippen LogP contribution in [0.1, 0.15) is 10.4 Å². The molecule has 0 radical (unpaired) electrons. The van der Waals surface area contributed by atoms with Crippen LogP contribution in [0.4, 0.5) is 11.4 Å². The number of hydrogen-bond donors (Lipinski definition) is 2. The highest BCUT2D eigenvalue weighted by Gasteiger charge is 2.08. The molecular formula is C16H11BrN2O2. The fourth-order valence-corrected chi connectivity index (χ4v) is 2.58. The fraction of sp³-hybridized carbons (Fsp3) is 0. The molecule has 0 bridgehead atoms. The van der Waals surface area contributed by atoms with Crippen LogP contribution in [0.5, 0.6) is 0 Å². The molecule has 0 aliphatic carbocycles. The van der Waals surface area contributed by atoms with Crippen LogP contribution in [0.2, 0.25) is 0 Å². The molecule has 3 aromatic rings. The Morgan fingerprint density at radius 3 is 2.67 bits per heavy atom. The van der Waals surface area contributed by atoms with Crippen molar-refractivity contribution < 1.29 is 9.90 Å². The normalized spacial score (nSPS) is 10.5. The summed E-state index contributed by atoms with van der Waals surface area (Å²) in [7, 11) is 0. The number of fused-ring (bicyclic) bond motifs is 1. The van der Waals surface area contributed by atoms with Crippen molar-refractivity contribution in [3.8, 4) is 0 Å². The molecule has 0 aliphatic heterocycles. The number of benzene rings is 2. The lowest BCUT2D eigenvalue weighted by Gasteiger charge is -2.11. The predicted octanol–water partition coefficient (Wildman–Crippen LogP) is 4.44. The highest BCUT2D eigenvalue weighted by molar-refractivity contribution is 9.10. The standard InChI is InChI=1S/C16H11BrN2O2/c17-12-9-10(16(20)21)5-6-15(12)19-14-7-8-18-13-4-2-1-3-11(13)14/h1-9H,(H,18,19)(H,20,21). The molecular weight excluding hydrogens is 332 g/mol. The van der Waals surface area contributed by atoms with E-state index in [-0.39, 0.29) is 5.56 Å². The van der Waals surface area contributed by atoms with Gasteiger partial charge in [-0.3, -0.25) is 4.98 Å². The van der Waals surface area contributed by atoms with Crippen LogP contribution in [-0.4, -0.2) is 16.1 Å². The summed E-state index contributed by atoms with van der Waals surface area (Å²) >= 11 is 3.40. The molecule has 21 heavy (non-hydrogen) atoms. The fourth-order valence-electron chi connectivity index (χ4n) is 2.10. The summed E-state index contributed by atoms with van der Waals surface area (Å²) in [6, 6.07) is 14.6. The third-order valence-electron chi connectivity index (χ3n) is 3.13. The van der Waals surface area contributed by atoms with Crippen molar-refractivity contribution in [3.63, 3.8) is 0 Å². The number of carboxylic acids is 1. The van der Waals surface area contributed by atoms with Gasteiger partial charge in [0.15, 0.2) is 0 Å². The lowest BCUT2D eigenvalue weighted by atomic mass is 10.1. The van der Waals surface area contributed by atoms with Gasteiger partial charge in [0, 0.05) is 21.7 Å². The number of aromatic carboxylic acids is 1. The summed E-state index contributed by atoms with van der Waals surface area (Å²) in [5, 5.41) is 13.3. The van der Waals surface area contributed by atoms with Crippen LogP contribution in [0.25, 0.3) is 10.9 Å². The average molecular weight is 343 g/mol. The maximum absolute atomic E-state index is 10.9. The minimum Gasteiger partial charge on any atom is -0.478 e. The van der Waals surface area contributed by atoms with E-state index < -0.39 is 5.97 Å². The summed E-state index contributed by atoms with van der Waals surface area (Å²) in [6.07, 6.45) is 1.74. The number of anilines is 2. The second kappa shape index (κ2) is 5.54. The highest BCUT2D eigenvalue weighted by Crippen LogP contribution is 2.30. The van der Waals surface area contributed by atoms with Gasteiger partial charge in [-0.15, -0.1) is 0 Å². The number of para-hydroxylation sites is 1. The summed E-state index contributed by atoms with van der Waals surface area (Å²) in [4.78, 5) is 15.3. The van der Waals surface area contributed by atoms with Crippen LogP contribution in [0, 0.1) is 0 Å². The Morgan fingerprint density at radius 2 is 1.90 bits per heavy atom. The number of nitrogens with one attached hydrogen (secondary N) is 1. The summed E-state index contributed by atoms with van der Waals surface area (Å²) < 4.78 is 0.697. The number of carboxylic acid groups (broad SMARTS) is 1. The van der Waals surface area contributed by atoms with Gasteiger partial charge in [-0.2, -0.15) is 0 Å². The maximum Gasteiger partial charge on any atom is 0.335 e. The molecule has 0 spiro atoms. The Labute approximate surface area is 129 Å². The zero-order valence-corrected chi connectivity index (χ0v) is 12.5. The van der Waals surface area contributed by atoms with E-state index >= 15 is 0 Å². The number of nitrogens with zero attached hydrogens (tertiary/aromatic N) is 1. The first-order valence-corrected chi connectivity index (χ1v) is 7.08. The van der Waals surface area contributed by atoms with Crippen molar-refractivity contribution in [1.29, 1.82) is 0 Å². The minimum absolute atomic E-state index is 0.243. The zero-order valence-electron chi connectivity index (χ0n) is 10.9. The molecule has 4 nitrogen and oxygen atoms in total. The third kappa shape index (κ3) is 2.73. The van der Waals surface area contributed by atoms with E-state index in [0.717, 1.165) is 22.3 Å². The minimum atomic E-state index is -0.948. The van der Waals surface area contributed by atoms with Gasteiger partial charge in [0.25, 0.3) is 0 Å². The quantitative estimate of drug-likeness (QED) is 0.738.